The van der Waals surface area contributed by atoms with E-state index in [2.05, 4.69) is 0 Å². The van der Waals surface area contributed by atoms with E-state index < -0.39 is 5.97 Å². The molecule has 0 saturated carbocycles. The molecule has 2 aromatic carbocycles. The lowest BCUT2D eigenvalue weighted by atomic mass is 10.1. The molecule has 0 spiro atoms. The Hall–Kier alpha value is -2.80. The van der Waals surface area contributed by atoms with E-state index in [0.717, 1.165) is 11.1 Å². The molecule has 20 heavy (non-hydrogen) atoms. The topological polar surface area (TPSA) is 76.1 Å². The second kappa shape index (κ2) is 5.89. The van der Waals surface area contributed by atoms with Gasteiger partial charge in [0, 0.05) is 5.69 Å². The molecule has 0 aliphatic heterocycles. The average molecular weight is 266 g/mol. The first kappa shape index (κ1) is 13.6. The van der Waals surface area contributed by atoms with E-state index in [4.69, 9.17) is 15.7 Å². The first-order valence-electron chi connectivity index (χ1n) is 6.12. The minimum atomic E-state index is -0.419. The molecule has 0 aliphatic rings. The van der Waals surface area contributed by atoms with Gasteiger partial charge in [-0.3, -0.25) is 0 Å². The lowest BCUT2D eigenvalue weighted by Crippen LogP contribution is -2.08. The van der Waals surface area contributed by atoms with Gasteiger partial charge in [0.1, 0.15) is 6.61 Å². The molecule has 4 heteroatoms. The molecular weight excluding hydrogens is 252 g/mol. The maximum absolute atomic E-state index is 12.0. The maximum Gasteiger partial charge on any atom is 0.338 e. The summed E-state index contributed by atoms with van der Waals surface area (Å²) in [5.41, 5.74) is 8.78. The van der Waals surface area contributed by atoms with Crippen LogP contribution in [0, 0.1) is 18.3 Å². The van der Waals surface area contributed by atoms with E-state index in [1.807, 2.05) is 13.0 Å². The lowest BCUT2D eigenvalue weighted by Gasteiger charge is -2.08. The van der Waals surface area contributed by atoms with E-state index >= 15 is 0 Å². The Bertz CT molecular complexity index is 687. The first-order valence-corrected chi connectivity index (χ1v) is 6.12. The van der Waals surface area contributed by atoms with Crippen molar-refractivity contribution in [2.45, 2.75) is 13.5 Å². The van der Waals surface area contributed by atoms with Crippen molar-refractivity contribution in [3.8, 4) is 6.07 Å². The number of nitriles is 1. The van der Waals surface area contributed by atoms with Crippen molar-refractivity contribution in [2.75, 3.05) is 5.73 Å². The number of nitrogens with two attached hydrogens (primary N) is 1. The van der Waals surface area contributed by atoms with E-state index in [9.17, 15) is 4.79 Å². The van der Waals surface area contributed by atoms with Crippen molar-refractivity contribution in [1.29, 1.82) is 5.26 Å². The van der Waals surface area contributed by atoms with Gasteiger partial charge in [-0.05, 0) is 42.3 Å². The molecule has 4 nitrogen and oxygen atoms in total. The Kier molecular flexibility index (Phi) is 4.02. The van der Waals surface area contributed by atoms with Crippen LogP contribution in [-0.2, 0) is 11.3 Å². The average Bonchev–Trinajstić information content (AvgIpc) is 2.47. The monoisotopic (exact) mass is 266 g/mol. The Labute approximate surface area is 117 Å². The summed E-state index contributed by atoms with van der Waals surface area (Å²) in [5, 5.41) is 8.81. The Morgan fingerprint density at radius 2 is 2.10 bits per heavy atom. The summed E-state index contributed by atoms with van der Waals surface area (Å²) in [6.07, 6.45) is 0. The highest BCUT2D eigenvalue weighted by Gasteiger charge is 2.11. The molecule has 0 amide bonds. The molecule has 0 aromatic heterocycles. The van der Waals surface area contributed by atoms with Gasteiger partial charge in [-0.2, -0.15) is 5.26 Å². The van der Waals surface area contributed by atoms with E-state index in [1.54, 1.807) is 42.5 Å². The number of hydrogen-bond donors (Lipinski definition) is 1. The molecule has 0 atom stereocenters. The van der Waals surface area contributed by atoms with Crippen molar-refractivity contribution in [3.05, 3.63) is 64.7 Å². The van der Waals surface area contributed by atoms with E-state index in [0.29, 0.717) is 16.8 Å². The molecule has 0 unspecified atom stereocenters. The number of nitrogens with zero attached hydrogens (tertiary/aromatic N) is 1. The zero-order chi connectivity index (χ0) is 14.5. The highest BCUT2D eigenvalue weighted by molar-refractivity contribution is 5.92. The normalized spacial score (nSPS) is 9.80. The molecule has 0 heterocycles. The lowest BCUT2D eigenvalue weighted by molar-refractivity contribution is 0.0472. The van der Waals surface area contributed by atoms with Crippen LogP contribution in [0.5, 0.6) is 0 Å². The maximum atomic E-state index is 12.0. The van der Waals surface area contributed by atoms with Gasteiger partial charge >= 0.3 is 5.97 Å². The highest BCUT2D eigenvalue weighted by Crippen LogP contribution is 2.15. The molecule has 2 rings (SSSR count). The molecule has 100 valence electrons. The van der Waals surface area contributed by atoms with Crippen LogP contribution >= 0.6 is 0 Å². The van der Waals surface area contributed by atoms with Gasteiger partial charge in [-0.1, -0.05) is 18.2 Å². The standard InChI is InChI=1S/C16H14N2O2/c1-11-5-6-14(18)8-15(11)16(19)20-10-13-4-2-3-12(7-13)9-17/h2-8H,10,18H2,1H3. The molecule has 0 bridgehead atoms. The number of anilines is 1. The highest BCUT2D eigenvalue weighted by atomic mass is 16.5. The van der Waals surface area contributed by atoms with Crippen molar-refractivity contribution in [3.63, 3.8) is 0 Å². The van der Waals surface area contributed by atoms with Gasteiger partial charge in [0.05, 0.1) is 17.2 Å². The fourth-order valence-electron chi connectivity index (χ4n) is 1.82. The number of carbonyl (C=O) groups excluding carboxylic acids is 1. The fourth-order valence-corrected chi connectivity index (χ4v) is 1.82. The summed E-state index contributed by atoms with van der Waals surface area (Å²) < 4.78 is 5.25. The molecular formula is C16H14N2O2. The molecule has 0 fully saturated rings. The SMILES string of the molecule is Cc1ccc(N)cc1C(=O)OCc1cccc(C#N)c1. The summed E-state index contributed by atoms with van der Waals surface area (Å²) in [4.78, 5) is 12.0. The Balaban J connectivity index is 2.09. The van der Waals surface area contributed by atoms with Gasteiger partial charge in [0.2, 0.25) is 0 Å². The van der Waals surface area contributed by atoms with Crippen LogP contribution in [-0.4, -0.2) is 5.97 Å². The van der Waals surface area contributed by atoms with Gasteiger partial charge in [0.15, 0.2) is 0 Å². The molecule has 2 aromatic rings. The van der Waals surface area contributed by atoms with Gasteiger partial charge < -0.3 is 10.5 Å². The summed E-state index contributed by atoms with van der Waals surface area (Å²) in [5.74, 6) is -0.419. The minimum absolute atomic E-state index is 0.128. The number of nitrogen functional groups attached to an aromatic ring is 1. The third kappa shape index (κ3) is 3.15. The minimum Gasteiger partial charge on any atom is -0.457 e. The number of carbonyl (C=O) groups is 1. The van der Waals surface area contributed by atoms with Crippen LogP contribution in [0.3, 0.4) is 0 Å². The number of ether oxygens (including phenoxy) is 1. The van der Waals surface area contributed by atoms with Crippen LogP contribution in [0.15, 0.2) is 42.5 Å². The predicted octanol–water partition coefficient (Wildman–Crippen LogP) is 2.81. The Morgan fingerprint density at radius 1 is 1.30 bits per heavy atom. The number of rotatable bonds is 3. The molecule has 0 radical (unpaired) electrons. The summed E-state index contributed by atoms with van der Waals surface area (Å²) >= 11 is 0. The zero-order valence-corrected chi connectivity index (χ0v) is 11.1. The predicted molar refractivity (Wildman–Crippen MR) is 75.9 cm³/mol. The summed E-state index contributed by atoms with van der Waals surface area (Å²) in [6, 6.07) is 14.1. The van der Waals surface area contributed by atoms with Gasteiger partial charge in [0.25, 0.3) is 0 Å². The summed E-state index contributed by atoms with van der Waals surface area (Å²) in [7, 11) is 0. The van der Waals surface area contributed by atoms with Crippen LogP contribution in [0.25, 0.3) is 0 Å². The third-order valence-corrected chi connectivity index (χ3v) is 2.91. The quantitative estimate of drug-likeness (QED) is 0.684. The van der Waals surface area contributed by atoms with Crippen LogP contribution in [0.1, 0.15) is 27.0 Å². The molecule has 0 aliphatic carbocycles. The number of benzene rings is 2. The summed E-state index contributed by atoms with van der Waals surface area (Å²) in [6.45, 7) is 1.95. The molecule has 0 saturated heterocycles. The van der Waals surface area contributed by atoms with E-state index in [1.165, 1.54) is 0 Å². The molecule has 2 N–H and O–H groups in total. The van der Waals surface area contributed by atoms with Gasteiger partial charge in [-0.25, -0.2) is 4.79 Å². The van der Waals surface area contributed by atoms with Crippen LogP contribution < -0.4 is 5.73 Å². The second-order valence-electron chi connectivity index (χ2n) is 4.46. The van der Waals surface area contributed by atoms with Gasteiger partial charge in [-0.15, -0.1) is 0 Å². The second-order valence-corrected chi connectivity index (χ2v) is 4.46. The largest absolute Gasteiger partial charge is 0.457 e. The number of aryl methyl sites for hydroxylation is 1. The van der Waals surface area contributed by atoms with Crippen molar-refractivity contribution in [2.24, 2.45) is 0 Å². The van der Waals surface area contributed by atoms with Crippen LogP contribution in [0.2, 0.25) is 0 Å². The van der Waals surface area contributed by atoms with E-state index in [-0.39, 0.29) is 6.61 Å². The van der Waals surface area contributed by atoms with Crippen LogP contribution in [0.4, 0.5) is 5.69 Å². The number of hydrogen-bond acceptors (Lipinski definition) is 4. The van der Waals surface area contributed by atoms with Crippen molar-refractivity contribution in [1.82, 2.24) is 0 Å². The Morgan fingerprint density at radius 3 is 2.85 bits per heavy atom. The number of esters is 1. The third-order valence-electron chi connectivity index (χ3n) is 2.91. The smallest absolute Gasteiger partial charge is 0.338 e. The zero-order valence-electron chi connectivity index (χ0n) is 11.1. The first-order chi connectivity index (χ1) is 9.60. The fraction of sp³-hybridized carbons (Fsp3) is 0.125. The van der Waals surface area contributed by atoms with Crippen molar-refractivity contribution < 1.29 is 9.53 Å². The van der Waals surface area contributed by atoms with Crippen molar-refractivity contribution >= 4 is 11.7 Å².